The molecule has 1 aliphatic carbocycles. The van der Waals surface area contributed by atoms with E-state index in [1.807, 2.05) is 0 Å². The lowest BCUT2D eigenvalue weighted by atomic mass is 9.71. The van der Waals surface area contributed by atoms with E-state index in [0.717, 1.165) is 25.3 Å². The van der Waals surface area contributed by atoms with Gasteiger partial charge in [0.25, 0.3) is 0 Å². The molecule has 0 aromatic rings. The normalized spacial score (nSPS) is 36.8. The summed E-state index contributed by atoms with van der Waals surface area (Å²) in [5.41, 5.74) is 0.161. The fourth-order valence-corrected chi connectivity index (χ4v) is 3.93. The molecule has 1 aliphatic heterocycles. The molecule has 1 atom stereocenters. The van der Waals surface area contributed by atoms with Crippen LogP contribution in [0.25, 0.3) is 0 Å². The summed E-state index contributed by atoms with van der Waals surface area (Å²) in [5, 5.41) is 18.9. The Bertz CT molecular complexity index is 261. The van der Waals surface area contributed by atoms with Crippen molar-refractivity contribution < 1.29 is 10.2 Å². The van der Waals surface area contributed by atoms with Gasteiger partial charge in [0.2, 0.25) is 0 Å². The first-order chi connectivity index (χ1) is 9.19. The van der Waals surface area contributed by atoms with Crippen LogP contribution in [0.2, 0.25) is 0 Å². The van der Waals surface area contributed by atoms with Crippen molar-refractivity contribution in [3.8, 4) is 0 Å². The number of rotatable bonds is 6. The minimum atomic E-state index is 0.161. The minimum absolute atomic E-state index is 0.161. The van der Waals surface area contributed by atoms with E-state index < -0.39 is 0 Å². The van der Waals surface area contributed by atoms with Gasteiger partial charge in [0.1, 0.15) is 0 Å². The Morgan fingerprint density at radius 3 is 2.53 bits per heavy atom. The second kappa shape index (κ2) is 7.05. The van der Waals surface area contributed by atoms with Crippen molar-refractivity contribution in [1.29, 1.82) is 0 Å². The molecule has 0 spiro atoms. The summed E-state index contributed by atoms with van der Waals surface area (Å²) in [6.45, 7) is 5.26. The Morgan fingerprint density at radius 1 is 1.16 bits per heavy atom. The van der Waals surface area contributed by atoms with Crippen LogP contribution >= 0.6 is 0 Å². The first-order valence-electron chi connectivity index (χ1n) is 8.15. The summed E-state index contributed by atoms with van der Waals surface area (Å²) in [5.74, 6) is 0.837. The highest BCUT2D eigenvalue weighted by Gasteiger charge is 2.37. The number of hydrogen-bond acceptors (Lipinski definition) is 3. The van der Waals surface area contributed by atoms with Gasteiger partial charge in [0, 0.05) is 31.2 Å². The van der Waals surface area contributed by atoms with Gasteiger partial charge in [-0.2, -0.15) is 0 Å². The van der Waals surface area contributed by atoms with E-state index in [1.165, 1.54) is 45.1 Å². The molecule has 0 radical (unpaired) electrons. The molecule has 1 unspecified atom stereocenters. The number of aliphatic hydroxyl groups is 2. The molecule has 1 heterocycles. The molecule has 1 saturated heterocycles. The largest absolute Gasteiger partial charge is 0.396 e. The van der Waals surface area contributed by atoms with Crippen molar-refractivity contribution in [2.45, 2.75) is 64.3 Å². The average Bonchev–Trinajstić information content (AvgIpc) is 2.86. The van der Waals surface area contributed by atoms with Gasteiger partial charge in [-0.05, 0) is 51.0 Å². The Morgan fingerprint density at radius 2 is 1.89 bits per heavy atom. The monoisotopic (exact) mass is 269 g/mol. The predicted molar refractivity (Wildman–Crippen MR) is 78.1 cm³/mol. The molecule has 3 nitrogen and oxygen atoms in total. The predicted octanol–water partition coefficient (Wildman–Crippen LogP) is 2.41. The van der Waals surface area contributed by atoms with Crippen molar-refractivity contribution in [3.05, 3.63) is 0 Å². The standard InChI is InChI=1S/C16H31NO2/c1-14-6-8-16(13-19,9-7-14)12-17-10-2-4-15(17)5-3-11-18/h14-15,18-19H,2-13H2,1H3. The van der Waals surface area contributed by atoms with Crippen molar-refractivity contribution >= 4 is 0 Å². The zero-order valence-corrected chi connectivity index (χ0v) is 12.5. The highest BCUT2D eigenvalue weighted by Crippen LogP contribution is 2.40. The van der Waals surface area contributed by atoms with Gasteiger partial charge in [0.05, 0.1) is 0 Å². The molecule has 2 rings (SSSR count). The summed E-state index contributed by atoms with van der Waals surface area (Å²) in [6.07, 6.45) is 9.53. The molecule has 0 bridgehead atoms. The lowest BCUT2D eigenvalue weighted by molar-refractivity contribution is 0.0239. The van der Waals surface area contributed by atoms with Gasteiger partial charge in [-0.25, -0.2) is 0 Å². The second-order valence-electron chi connectivity index (χ2n) is 6.97. The van der Waals surface area contributed by atoms with Crippen molar-refractivity contribution in [3.63, 3.8) is 0 Å². The Kier molecular flexibility index (Phi) is 5.67. The number of aliphatic hydroxyl groups excluding tert-OH is 2. The summed E-state index contributed by atoms with van der Waals surface area (Å²) >= 11 is 0. The molecule has 0 aromatic heterocycles. The zero-order chi connectivity index (χ0) is 13.7. The second-order valence-corrected chi connectivity index (χ2v) is 6.97. The van der Waals surface area contributed by atoms with Gasteiger partial charge in [-0.1, -0.05) is 19.8 Å². The average molecular weight is 269 g/mol. The fraction of sp³-hybridized carbons (Fsp3) is 1.00. The molecule has 19 heavy (non-hydrogen) atoms. The van der Waals surface area contributed by atoms with E-state index in [9.17, 15) is 5.11 Å². The van der Waals surface area contributed by atoms with E-state index in [-0.39, 0.29) is 5.41 Å². The maximum Gasteiger partial charge on any atom is 0.0499 e. The minimum Gasteiger partial charge on any atom is -0.396 e. The molecule has 2 fully saturated rings. The maximum atomic E-state index is 9.88. The Labute approximate surface area is 118 Å². The third-order valence-corrected chi connectivity index (χ3v) is 5.40. The van der Waals surface area contributed by atoms with Crippen LogP contribution < -0.4 is 0 Å². The van der Waals surface area contributed by atoms with E-state index in [4.69, 9.17) is 5.11 Å². The molecule has 3 heteroatoms. The Balaban J connectivity index is 1.90. The van der Waals surface area contributed by atoms with Crippen molar-refractivity contribution in [2.24, 2.45) is 11.3 Å². The summed E-state index contributed by atoms with van der Waals surface area (Å²) in [6, 6.07) is 0.648. The first kappa shape index (κ1) is 15.3. The lowest BCUT2D eigenvalue weighted by Gasteiger charge is -2.42. The first-order valence-corrected chi connectivity index (χ1v) is 8.15. The summed E-state index contributed by atoms with van der Waals surface area (Å²) in [7, 11) is 0. The highest BCUT2D eigenvalue weighted by atomic mass is 16.3. The Hall–Kier alpha value is -0.120. The van der Waals surface area contributed by atoms with E-state index >= 15 is 0 Å². The van der Waals surface area contributed by atoms with E-state index in [0.29, 0.717) is 19.3 Å². The SMILES string of the molecule is CC1CCC(CO)(CN2CCCC2CCCO)CC1. The van der Waals surface area contributed by atoms with Crippen LogP contribution in [0.15, 0.2) is 0 Å². The molecule has 0 amide bonds. The van der Waals surface area contributed by atoms with Crippen LogP contribution in [-0.2, 0) is 0 Å². The molecule has 112 valence electrons. The lowest BCUT2D eigenvalue weighted by Crippen LogP contribution is -2.44. The van der Waals surface area contributed by atoms with Gasteiger partial charge < -0.3 is 10.2 Å². The number of nitrogens with zero attached hydrogens (tertiary/aromatic N) is 1. The number of likely N-dealkylation sites (tertiary alicyclic amines) is 1. The summed E-state index contributed by atoms with van der Waals surface area (Å²) < 4.78 is 0. The van der Waals surface area contributed by atoms with Crippen LogP contribution in [-0.4, -0.2) is 47.5 Å². The third kappa shape index (κ3) is 3.93. The molecular formula is C16H31NO2. The van der Waals surface area contributed by atoms with Gasteiger partial charge in [-0.15, -0.1) is 0 Å². The van der Waals surface area contributed by atoms with Crippen LogP contribution in [0.3, 0.4) is 0 Å². The van der Waals surface area contributed by atoms with Crippen molar-refractivity contribution in [2.75, 3.05) is 26.3 Å². The highest BCUT2D eigenvalue weighted by molar-refractivity contribution is 4.90. The number of hydrogen-bond donors (Lipinski definition) is 2. The molecule has 2 N–H and O–H groups in total. The fourth-order valence-electron chi connectivity index (χ4n) is 3.93. The van der Waals surface area contributed by atoms with Crippen molar-refractivity contribution in [1.82, 2.24) is 4.90 Å². The van der Waals surface area contributed by atoms with Crippen LogP contribution in [0, 0.1) is 11.3 Å². The maximum absolute atomic E-state index is 9.88. The molecular weight excluding hydrogens is 238 g/mol. The third-order valence-electron chi connectivity index (χ3n) is 5.40. The quantitative estimate of drug-likeness (QED) is 0.778. The van der Waals surface area contributed by atoms with E-state index in [2.05, 4.69) is 11.8 Å². The molecule has 2 aliphatic rings. The van der Waals surface area contributed by atoms with E-state index in [1.54, 1.807) is 0 Å². The van der Waals surface area contributed by atoms with Crippen LogP contribution in [0.4, 0.5) is 0 Å². The molecule has 1 saturated carbocycles. The zero-order valence-electron chi connectivity index (χ0n) is 12.5. The smallest absolute Gasteiger partial charge is 0.0499 e. The molecule has 0 aromatic carbocycles. The van der Waals surface area contributed by atoms with Gasteiger partial charge >= 0.3 is 0 Å². The summed E-state index contributed by atoms with van der Waals surface area (Å²) in [4.78, 5) is 2.60. The van der Waals surface area contributed by atoms with Gasteiger partial charge in [0.15, 0.2) is 0 Å². The van der Waals surface area contributed by atoms with Gasteiger partial charge in [-0.3, -0.25) is 4.90 Å². The topological polar surface area (TPSA) is 43.7 Å². The van der Waals surface area contributed by atoms with Crippen LogP contribution in [0.1, 0.15) is 58.3 Å². The van der Waals surface area contributed by atoms with Crippen LogP contribution in [0.5, 0.6) is 0 Å².